The molecule has 0 radical (unpaired) electrons. The van der Waals surface area contributed by atoms with Crippen molar-refractivity contribution in [2.24, 2.45) is 4.99 Å². The minimum absolute atomic E-state index is 0.0503. The van der Waals surface area contributed by atoms with Crippen molar-refractivity contribution in [3.05, 3.63) is 0 Å². The third-order valence-corrected chi connectivity index (χ3v) is 2.99. The van der Waals surface area contributed by atoms with Gasteiger partial charge in [0.2, 0.25) is 0 Å². The van der Waals surface area contributed by atoms with Crippen LogP contribution in [0.1, 0.15) is 6.42 Å². The van der Waals surface area contributed by atoms with E-state index in [1.165, 1.54) is 4.90 Å². The smallest absolute Gasteiger partial charge is 0.327 e. The van der Waals surface area contributed by atoms with Gasteiger partial charge in [0.05, 0.1) is 6.54 Å². The summed E-state index contributed by atoms with van der Waals surface area (Å²) >= 11 is 0. The molecule has 0 spiro atoms. The van der Waals surface area contributed by atoms with Gasteiger partial charge in [0.1, 0.15) is 13.1 Å². The maximum atomic E-state index is 11.8. The maximum absolute atomic E-state index is 11.8. The van der Waals surface area contributed by atoms with E-state index in [9.17, 15) is 14.4 Å². The molecule has 0 bridgehead atoms. The SMILES string of the molecule is O=C(O)CN1C(=O)CN(CCCNC2=NCCN2)C1=O. The molecule has 2 heterocycles. The first kappa shape index (κ1) is 14.1. The molecule has 0 atom stereocenters. The molecule has 0 unspecified atom stereocenters. The number of guanidine groups is 1. The molecule has 0 saturated carbocycles. The van der Waals surface area contributed by atoms with E-state index in [2.05, 4.69) is 15.6 Å². The molecule has 1 fully saturated rings. The Labute approximate surface area is 115 Å². The van der Waals surface area contributed by atoms with Gasteiger partial charge in [-0.3, -0.25) is 19.5 Å². The number of carbonyl (C=O) groups excluding carboxylic acids is 2. The number of aliphatic carboxylic acids is 1. The van der Waals surface area contributed by atoms with Gasteiger partial charge in [-0.2, -0.15) is 0 Å². The Balaban J connectivity index is 1.72. The Morgan fingerprint density at radius 3 is 2.90 bits per heavy atom. The first-order valence-corrected chi connectivity index (χ1v) is 6.41. The summed E-state index contributed by atoms with van der Waals surface area (Å²) in [6.45, 7) is 1.99. The van der Waals surface area contributed by atoms with Crippen LogP contribution in [0, 0.1) is 0 Å². The highest BCUT2D eigenvalue weighted by atomic mass is 16.4. The second-order valence-electron chi connectivity index (χ2n) is 4.52. The van der Waals surface area contributed by atoms with Gasteiger partial charge in [-0.15, -0.1) is 0 Å². The van der Waals surface area contributed by atoms with Crippen LogP contribution in [0.15, 0.2) is 4.99 Å². The summed E-state index contributed by atoms with van der Waals surface area (Å²) in [6.07, 6.45) is 0.653. The minimum Gasteiger partial charge on any atom is -0.480 e. The molecule has 1 saturated heterocycles. The lowest BCUT2D eigenvalue weighted by atomic mass is 10.4. The molecule has 110 valence electrons. The van der Waals surface area contributed by atoms with Gasteiger partial charge in [-0.1, -0.05) is 0 Å². The fourth-order valence-corrected chi connectivity index (χ4v) is 2.05. The quantitative estimate of drug-likeness (QED) is 0.394. The Kier molecular flexibility index (Phi) is 4.38. The van der Waals surface area contributed by atoms with Gasteiger partial charge in [0.15, 0.2) is 5.96 Å². The van der Waals surface area contributed by atoms with Crippen molar-refractivity contribution in [2.45, 2.75) is 6.42 Å². The van der Waals surface area contributed by atoms with Crippen LogP contribution in [0.4, 0.5) is 4.79 Å². The topological polar surface area (TPSA) is 114 Å². The summed E-state index contributed by atoms with van der Waals surface area (Å²) in [7, 11) is 0. The van der Waals surface area contributed by atoms with Crippen LogP contribution in [0.2, 0.25) is 0 Å². The predicted molar refractivity (Wildman–Crippen MR) is 69.2 cm³/mol. The molecule has 20 heavy (non-hydrogen) atoms. The summed E-state index contributed by atoms with van der Waals surface area (Å²) in [4.78, 5) is 40.2. The van der Waals surface area contributed by atoms with E-state index < -0.39 is 24.5 Å². The number of rotatable bonds is 6. The standard InChI is InChI=1S/C11H17N5O4/c17-8-6-15(11(20)16(8)7-9(18)19)5-1-2-12-10-13-3-4-14-10/h1-7H2,(H,18,19)(H2,12,13,14). The van der Waals surface area contributed by atoms with E-state index in [1.54, 1.807) is 0 Å². The molecular formula is C11H17N5O4. The molecule has 0 aromatic heterocycles. The first-order chi connectivity index (χ1) is 9.58. The highest BCUT2D eigenvalue weighted by Crippen LogP contribution is 2.10. The zero-order valence-electron chi connectivity index (χ0n) is 11.0. The fraction of sp³-hybridized carbons (Fsp3) is 0.636. The summed E-state index contributed by atoms with van der Waals surface area (Å²) in [5, 5.41) is 14.8. The van der Waals surface area contributed by atoms with Crippen molar-refractivity contribution in [1.82, 2.24) is 20.4 Å². The van der Waals surface area contributed by atoms with E-state index in [1.807, 2.05) is 0 Å². The molecular weight excluding hydrogens is 266 g/mol. The minimum atomic E-state index is -1.19. The normalized spacial score (nSPS) is 18.3. The van der Waals surface area contributed by atoms with Crippen molar-refractivity contribution in [1.29, 1.82) is 0 Å². The van der Waals surface area contributed by atoms with Gasteiger partial charge in [-0.05, 0) is 6.42 Å². The molecule has 9 heteroatoms. The number of urea groups is 1. The predicted octanol–water partition coefficient (Wildman–Crippen LogP) is -1.73. The Morgan fingerprint density at radius 1 is 1.45 bits per heavy atom. The lowest BCUT2D eigenvalue weighted by Crippen LogP contribution is -2.38. The van der Waals surface area contributed by atoms with Gasteiger partial charge in [-0.25, -0.2) is 4.79 Å². The third-order valence-electron chi connectivity index (χ3n) is 2.99. The number of aliphatic imine (C=N–C) groups is 1. The summed E-state index contributed by atoms with van der Waals surface area (Å²) in [6, 6.07) is -0.534. The van der Waals surface area contributed by atoms with E-state index in [0.717, 1.165) is 23.9 Å². The zero-order valence-corrected chi connectivity index (χ0v) is 11.0. The molecule has 3 amide bonds. The lowest BCUT2D eigenvalue weighted by molar-refractivity contribution is -0.141. The van der Waals surface area contributed by atoms with Gasteiger partial charge >= 0.3 is 12.0 Å². The monoisotopic (exact) mass is 283 g/mol. The number of nitrogens with one attached hydrogen (secondary N) is 2. The van der Waals surface area contributed by atoms with Gasteiger partial charge in [0.25, 0.3) is 5.91 Å². The second-order valence-corrected chi connectivity index (χ2v) is 4.52. The van der Waals surface area contributed by atoms with Crippen LogP contribution >= 0.6 is 0 Å². The average Bonchev–Trinajstić information content (AvgIpc) is 2.98. The van der Waals surface area contributed by atoms with Crippen LogP contribution in [0.3, 0.4) is 0 Å². The van der Waals surface area contributed by atoms with Crippen LogP contribution in [0.25, 0.3) is 0 Å². The number of hydrogen-bond acceptors (Lipinski definition) is 6. The molecule has 2 rings (SSSR count). The number of carbonyl (C=O) groups is 3. The zero-order chi connectivity index (χ0) is 14.5. The highest BCUT2D eigenvalue weighted by Gasteiger charge is 2.36. The Bertz CT molecular complexity index is 450. The fourth-order valence-electron chi connectivity index (χ4n) is 2.05. The molecule has 0 aliphatic carbocycles. The number of carboxylic acids is 1. The maximum Gasteiger partial charge on any atom is 0.327 e. The van der Waals surface area contributed by atoms with Crippen molar-refractivity contribution in [3.8, 4) is 0 Å². The molecule has 3 N–H and O–H groups in total. The molecule has 9 nitrogen and oxygen atoms in total. The summed E-state index contributed by atoms with van der Waals surface area (Å²) in [5.74, 6) is -0.908. The first-order valence-electron chi connectivity index (χ1n) is 6.41. The number of carboxylic acid groups (broad SMARTS) is 1. The summed E-state index contributed by atoms with van der Waals surface area (Å²) in [5.41, 5.74) is 0. The highest BCUT2D eigenvalue weighted by molar-refractivity contribution is 6.03. The van der Waals surface area contributed by atoms with Crippen molar-refractivity contribution >= 4 is 23.9 Å². The number of amides is 3. The number of nitrogens with zero attached hydrogens (tertiary/aromatic N) is 3. The van der Waals surface area contributed by atoms with Crippen LogP contribution in [0.5, 0.6) is 0 Å². The van der Waals surface area contributed by atoms with E-state index in [4.69, 9.17) is 5.11 Å². The van der Waals surface area contributed by atoms with Gasteiger partial charge in [0, 0.05) is 19.6 Å². The molecule has 0 aromatic carbocycles. The summed E-state index contributed by atoms with van der Waals surface area (Å²) < 4.78 is 0. The third kappa shape index (κ3) is 3.37. The van der Waals surface area contributed by atoms with Crippen LogP contribution in [-0.4, -0.2) is 78.0 Å². The number of hydrogen-bond donors (Lipinski definition) is 3. The van der Waals surface area contributed by atoms with E-state index in [-0.39, 0.29) is 6.54 Å². The van der Waals surface area contributed by atoms with Crippen molar-refractivity contribution in [2.75, 3.05) is 39.3 Å². The van der Waals surface area contributed by atoms with Crippen molar-refractivity contribution in [3.63, 3.8) is 0 Å². The van der Waals surface area contributed by atoms with E-state index in [0.29, 0.717) is 19.5 Å². The van der Waals surface area contributed by atoms with Gasteiger partial charge < -0.3 is 20.6 Å². The molecule has 0 aromatic rings. The van der Waals surface area contributed by atoms with E-state index >= 15 is 0 Å². The van der Waals surface area contributed by atoms with Crippen LogP contribution in [-0.2, 0) is 9.59 Å². The average molecular weight is 283 g/mol. The Hall–Kier alpha value is -2.32. The molecule has 2 aliphatic heterocycles. The van der Waals surface area contributed by atoms with Crippen molar-refractivity contribution < 1.29 is 19.5 Å². The molecule has 2 aliphatic rings. The Morgan fingerprint density at radius 2 is 2.25 bits per heavy atom. The van der Waals surface area contributed by atoms with Crippen LogP contribution < -0.4 is 10.6 Å². The largest absolute Gasteiger partial charge is 0.480 e. The number of imide groups is 1. The lowest BCUT2D eigenvalue weighted by Gasteiger charge is -2.16. The second kappa shape index (κ2) is 6.22.